The van der Waals surface area contributed by atoms with Gasteiger partial charge < -0.3 is 20.1 Å². The maximum Gasteiger partial charge on any atom is 0.305 e. The van der Waals surface area contributed by atoms with Crippen molar-refractivity contribution in [3.63, 3.8) is 0 Å². The Bertz CT molecular complexity index is 946. The van der Waals surface area contributed by atoms with Crippen molar-refractivity contribution in [3.05, 3.63) is 46.8 Å². The minimum atomic E-state index is -0.965. The van der Waals surface area contributed by atoms with E-state index in [1.165, 1.54) is 23.1 Å². The van der Waals surface area contributed by atoms with Gasteiger partial charge in [0.05, 0.1) is 19.6 Å². The highest BCUT2D eigenvalue weighted by Gasteiger charge is 2.24. The van der Waals surface area contributed by atoms with Gasteiger partial charge >= 0.3 is 5.97 Å². The normalized spacial score (nSPS) is 13.6. The summed E-state index contributed by atoms with van der Waals surface area (Å²) < 4.78 is 5.06. The largest absolute Gasteiger partial charge is 0.481 e. The highest BCUT2D eigenvalue weighted by atomic mass is 16.5. The Hall–Kier alpha value is -3.16. The summed E-state index contributed by atoms with van der Waals surface area (Å²) in [7, 11) is 3.17. The molecule has 3 rings (SSSR count). The van der Waals surface area contributed by atoms with E-state index in [-0.39, 0.29) is 12.3 Å². The first-order valence-corrected chi connectivity index (χ1v) is 11.1. The Morgan fingerprint density at radius 1 is 1.31 bits per heavy atom. The lowest BCUT2D eigenvalue weighted by molar-refractivity contribution is -0.140. The molecule has 0 saturated carbocycles. The molecule has 2 aromatic heterocycles. The summed E-state index contributed by atoms with van der Waals surface area (Å²) in [6, 6.07) is 5.07. The van der Waals surface area contributed by atoms with Crippen molar-refractivity contribution in [1.82, 2.24) is 14.9 Å². The summed E-state index contributed by atoms with van der Waals surface area (Å²) in [6.45, 7) is 3.06. The van der Waals surface area contributed by atoms with Gasteiger partial charge in [-0.2, -0.15) is 0 Å². The molecule has 0 unspecified atom stereocenters. The number of unbranched alkanes of at least 4 members (excludes halogenated alkanes) is 1. The number of hydrogen-bond acceptors (Lipinski definition) is 6. The number of carbonyl (C=O) groups is 2. The minimum absolute atomic E-state index is 0.0798. The number of nitrogens with zero attached hydrogens (tertiary/aromatic N) is 3. The van der Waals surface area contributed by atoms with Gasteiger partial charge in [0, 0.05) is 38.0 Å². The number of carbonyl (C=O) groups excluding carboxylic acids is 1. The molecule has 0 spiro atoms. The number of ether oxygens (including phenoxy) is 1. The molecule has 2 N–H and O–H groups in total. The number of anilines is 1. The first-order chi connectivity index (χ1) is 15.4. The third-order valence-electron chi connectivity index (χ3n) is 5.95. The van der Waals surface area contributed by atoms with Crippen LogP contribution in [0.15, 0.2) is 24.4 Å². The van der Waals surface area contributed by atoms with Crippen molar-refractivity contribution in [3.8, 4) is 5.88 Å². The molecule has 8 heteroatoms. The zero-order valence-corrected chi connectivity index (χ0v) is 19.1. The second-order valence-electron chi connectivity index (χ2n) is 8.25. The molecule has 32 heavy (non-hydrogen) atoms. The van der Waals surface area contributed by atoms with Crippen LogP contribution in [-0.2, 0) is 22.4 Å². The van der Waals surface area contributed by atoms with Crippen molar-refractivity contribution < 1.29 is 19.4 Å². The fourth-order valence-corrected chi connectivity index (χ4v) is 4.06. The van der Waals surface area contributed by atoms with Gasteiger partial charge in [0.2, 0.25) is 11.8 Å². The van der Waals surface area contributed by atoms with Crippen LogP contribution >= 0.6 is 0 Å². The molecule has 1 aliphatic rings. The maximum atomic E-state index is 12.8. The fraction of sp³-hybridized carbons (Fsp3) is 0.500. The highest BCUT2D eigenvalue weighted by Crippen LogP contribution is 2.26. The molecule has 3 heterocycles. The Morgan fingerprint density at radius 3 is 2.81 bits per heavy atom. The van der Waals surface area contributed by atoms with Crippen LogP contribution in [0.2, 0.25) is 0 Å². The van der Waals surface area contributed by atoms with Gasteiger partial charge in [-0.1, -0.05) is 12.1 Å². The van der Waals surface area contributed by atoms with Crippen molar-refractivity contribution in [1.29, 1.82) is 0 Å². The van der Waals surface area contributed by atoms with Gasteiger partial charge in [-0.3, -0.25) is 9.59 Å². The van der Waals surface area contributed by atoms with Crippen molar-refractivity contribution >= 4 is 17.7 Å². The number of aryl methyl sites for hydroxylation is 3. The number of amides is 1. The third kappa shape index (κ3) is 5.96. The number of aromatic nitrogens is 2. The van der Waals surface area contributed by atoms with Crippen LogP contribution in [-0.4, -0.2) is 52.6 Å². The lowest BCUT2D eigenvalue weighted by atomic mass is 10.0. The molecule has 0 aliphatic carbocycles. The third-order valence-corrected chi connectivity index (χ3v) is 5.95. The zero-order chi connectivity index (χ0) is 23.1. The molecule has 0 radical (unpaired) electrons. The number of pyridine rings is 2. The van der Waals surface area contributed by atoms with Crippen LogP contribution in [0.3, 0.4) is 0 Å². The monoisotopic (exact) mass is 440 g/mol. The standard InChI is InChI=1S/C24H32N4O4/c1-16-13-17-7-6-12-25-24(17)27-19(16)8-4-5-9-22(29)28(2)20(14-23(30)31)18-10-11-21(32-3)26-15-18/h10-11,13,15,20H,4-9,12,14H2,1-3H3,(H,25,27)(H,30,31)/t20-/m0/s1. The lowest BCUT2D eigenvalue weighted by Gasteiger charge is -2.27. The maximum absolute atomic E-state index is 12.8. The Morgan fingerprint density at radius 2 is 2.12 bits per heavy atom. The summed E-state index contributed by atoms with van der Waals surface area (Å²) in [6.07, 6.45) is 6.33. The molecule has 0 aromatic carbocycles. The molecule has 8 nitrogen and oxygen atoms in total. The van der Waals surface area contributed by atoms with Crippen LogP contribution in [0.5, 0.6) is 5.88 Å². The number of methoxy groups -OCH3 is 1. The van der Waals surface area contributed by atoms with E-state index in [4.69, 9.17) is 9.72 Å². The van der Waals surface area contributed by atoms with E-state index in [1.807, 2.05) is 0 Å². The Kier molecular flexibility index (Phi) is 8.03. The average Bonchev–Trinajstić information content (AvgIpc) is 2.79. The number of nitrogens with one attached hydrogen (secondary N) is 1. The van der Waals surface area contributed by atoms with Crippen LogP contribution in [0.1, 0.15) is 60.5 Å². The predicted octanol–water partition coefficient (Wildman–Crippen LogP) is 3.54. The quantitative estimate of drug-likeness (QED) is 0.545. The van der Waals surface area contributed by atoms with Gasteiger partial charge in [-0.15, -0.1) is 0 Å². The van der Waals surface area contributed by atoms with Gasteiger partial charge in [0.1, 0.15) is 5.82 Å². The Balaban J connectivity index is 1.56. The van der Waals surface area contributed by atoms with E-state index < -0.39 is 12.0 Å². The summed E-state index contributed by atoms with van der Waals surface area (Å²) >= 11 is 0. The van der Waals surface area contributed by atoms with E-state index in [0.29, 0.717) is 17.9 Å². The number of carboxylic acids is 1. The molecule has 0 fully saturated rings. The first-order valence-electron chi connectivity index (χ1n) is 11.1. The second-order valence-corrected chi connectivity index (χ2v) is 8.25. The van der Waals surface area contributed by atoms with E-state index in [0.717, 1.165) is 50.2 Å². The summed E-state index contributed by atoms with van der Waals surface area (Å²) in [5.41, 5.74) is 4.23. The number of carboxylic acid groups (broad SMARTS) is 1. The van der Waals surface area contributed by atoms with Crippen molar-refractivity contribution in [2.24, 2.45) is 0 Å². The molecule has 1 aliphatic heterocycles. The molecule has 172 valence electrons. The second kappa shape index (κ2) is 10.9. The van der Waals surface area contributed by atoms with Crippen molar-refractivity contribution in [2.45, 2.75) is 57.9 Å². The highest BCUT2D eigenvalue weighted by molar-refractivity contribution is 5.77. The van der Waals surface area contributed by atoms with E-state index >= 15 is 0 Å². The molecular formula is C24H32N4O4. The SMILES string of the molecule is COc1ccc([C@H](CC(=O)O)N(C)C(=O)CCCCc2nc3c(cc2C)CCCN3)cn1. The van der Waals surface area contributed by atoms with Gasteiger partial charge in [0.15, 0.2) is 0 Å². The molecule has 2 aromatic rings. The average molecular weight is 441 g/mol. The molecular weight excluding hydrogens is 408 g/mol. The number of aliphatic carboxylic acids is 1. The van der Waals surface area contributed by atoms with Crippen molar-refractivity contribution in [2.75, 3.05) is 26.0 Å². The van der Waals surface area contributed by atoms with Gasteiger partial charge in [-0.25, -0.2) is 9.97 Å². The minimum Gasteiger partial charge on any atom is -0.481 e. The summed E-state index contributed by atoms with van der Waals surface area (Å²) in [4.78, 5) is 34.6. The van der Waals surface area contributed by atoms with Crippen LogP contribution in [0.25, 0.3) is 0 Å². The topological polar surface area (TPSA) is 105 Å². The lowest BCUT2D eigenvalue weighted by Crippen LogP contribution is -2.32. The van der Waals surface area contributed by atoms with Crippen LogP contribution < -0.4 is 10.1 Å². The first kappa shape index (κ1) is 23.5. The zero-order valence-electron chi connectivity index (χ0n) is 19.1. The smallest absolute Gasteiger partial charge is 0.305 e. The summed E-state index contributed by atoms with van der Waals surface area (Å²) in [5, 5.41) is 12.7. The van der Waals surface area contributed by atoms with Crippen LogP contribution in [0, 0.1) is 6.92 Å². The number of rotatable bonds is 10. The molecule has 1 amide bonds. The number of fused-ring (bicyclic) bond motifs is 1. The predicted molar refractivity (Wildman–Crippen MR) is 122 cm³/mol. The Labute approximate surface area is 189 Å². The summed E-state index contributed by atoms with van der Waals surface area (Å²) in [5.74, 6) is 0.396. The van der Waals surface area contributed by atoms with Crippen LogP contribution in [0.4, 0.5) is 5.82 Å². The van der Waals surface area contributed by atoms with E-state index in [9.17, 15) is 14.7 Å². The van der Waals surface area contributed by atoms with E-state index in [1.54, 1.807) is 25.4 Å². The molecule has 1 atom stereocenters. The van der Waals surface area contributed by atoms with Gasteiger partial charge in [-0.05, 0) is 55.7 Å². The van der Waals surface area contributed by atoms with Gasteiger partial charge in [0.25, 0.3) is 0 Å². The fourth-order valence-electron chi connectivity index (χ4n) is 4.06. The molecule has 0 bridgehead atoms. The van der Waals surface area contributed by atoms with E-state index in [2.05, 4.69) is 23.3 Å². The number of hydrogen-bond donors (Lipinski definition) is 2. The molecule has 0 saturated heterocycles.